The van der Waals surface area contributed by atoms with Crippen LogP contribution in [0.1, 0.15) is 12.6 Å². The van der Waals surface area contributed by atoms with E-state index in [2.05, 4.69) is 27.8 Å². The topological polar surface area (TPSA) is 38.9 Å². The van der Waals surface area contributed by atoms with Crippen molar-refractivity contribution in [3.8, 4) is 0 Å². The fourth-order valence-corrected chi connectivity index (χ4v) is 1.04. The predicted molar refractivity (Wildman–Crippen MR) is 45.7 cm³/mol. The van der Waals surface area contributed by atoms with Gasteiger partial charge >= 0.3 is 0 Å². The number of aromatic nitrogens is 1. The third kappa shape index (κ3) is 1.48. The summed E-state index contributed by atoms with van der Waals surface area (Å²) in [7, 11) is 0. The molecule has 0 saturated carbocycles. The van der Waals surface area contributed by atoms with E-state index < -0.39 is 0 Å². The van der Waals surface area contributed by atoms with E-state index in [4.69, 9.17) is 5.73 Å². The zero-order valence-corrected chi connectivity index (χ0v) is 7.35. The largest absolute Gasteiger partial charge is 0.397 e. The fraction of sp³-hybridized carbons (Fsp3) is 0.286. The zero-order valence-electron chi connectivity index (χ0n) is 5.76. The number of nitrogen functional groups attached to an aromatic ring is 1. The molecule has 0 saturated heterocycles. The van der Waals surface area contributed by atoms with Crippen LogP contribution in [-0.4, -0.2) is 4.98 Å². The molecule has 1 heterocycles. The third-order valence-corrected chi connectivity index (χ3v) is 1.99. The van der Waals surface area contributed by atoms with Crippen LogP contribution in [0.3, 0.4) is 0 Å². The van der Waals surface area contributed by atoms with E-state index in [1.807, 2.05) is 6.07 Å². The zero-order chi connectivity index (χ0) is 7.56. The number of anilines is 1. The van der Waals surface area contributed by atoms with Crippen molar-refractivity contribution in [2.75, 3.05) is 5.73 Å². The molecule has 2 N–H and O–H groups in total. The quantitative estimate of drug-likeness (QED) is 0.754. The Bertz CT molecular complexity index is 235. The number of halogens is 1. The fourth-order valence-electron chi connectivity index (χ4n) is 0.674. The molecule has 0 unspecified atom stereocenters. The molecule has 0 aliphatic heterocycles. The highest BCUT2D eigenvalue weighted by Gasteiger charge is 1.95. The first-order valence-electron chi connectivity index (χ1n) is 3.14. The van der Waals surface area contributed by atoms with Gasteiger partial charge in [0.1, 0.15) is 0 Å². The summed E-state index contributed by atoms with van der Waals surface area (Å²) in [6.45, 7) is 2.06. The van der Waals surface area contributed by atoms with Crippen molar-refractivity contribution >= 4 is 21.6 Å². The molecule has 10 heavy (non-hydrogen) atoms. The molecule has 0 aromatic carbocycles. The number of rotatable bonds is 1. The second-order valence-corrected chi connectivity index (χ2v) is 2.91. The van der Waals surface area contributed by atoms with Crippen LogP contribution in [0.25, 0.3) is 0 Å². The Morgan fingerprint density at radius 2 is 2.40 bits per heavy atom. The van der Waals surface area contributed by atoms with E-state index in [-0.39, 0.29) is 0 Å². The van der Waals surface area contributed by atoms with Gasteiger partial charge in [-0.05, 0) is 28.4 Å². The molecule has 2 nitrogen and oxygen atoms in total. The molecule has 0 bridgehead atoms. The summed E-state index contributed by atoms with van der Waals surface area (Å²) in [6, 6.07) is 1.94. The summed E-state index contributed by atoms with van der Waals surface area (Å²) in [4.78, 5) is 4.10. The summed E-state index contributed by atoms with van der Waals surface area (Å²) in [5, 5.41) is 0. The van der Waals surface area contributed by atoms with Gasteiger partial charge in [-0.2, -0.15) is 0 Å². The maximum Gasteiger partial charge on any atom is 0.0645 e. The Kier molecular flexibility index (Phi) is 2.27. The van der Waals surface area contributed by atoms with E-state index in [1.165, 1.54) is 0 Å². The first-order valence-corrected chi connectivity index (χ1v) is 3.93. The van der Waals surface area contributed by atoms with Crippen LogP contribution in [-0.2, 0) is 6.42 Å². The molecule has 1 aromatic heterocycles. The third-order valence-electron chi connectivity index (χ3n) is 1.30. The smallest absolute Gasteiger partial charge is 0.0645 e. The number of aryl methyl sites for hydroxylation is 1. The molecule has 0 amide bonds. The van der Waals surface area contributed by atoms with Crippen LogP contribution in [0.4, 0.5) is 5.69 Å². The van der Waals surface area contributed by atoms with Crippen LogP contribution < -0.4 is 5.73 Å². The van der Waals surface area contributed by atoms with Crippen molar-refractivity contribution in [1.29, 1.82) is 0 Å². The van der Waals surface area contributed by atoms with Crippen molar-refractivity contribution in [3.05, 3.63) is 22.4 Å². The minimum absolute atomic E-state index is 0.692. The molecule has 0 radical (unpaired) electrons. The average Bonchev–Trinajstić information content (AvgIpc) is 1.95. The van der Waals surface area contributed by atoms with Crippen LogP contribution in [0.5, 0.6) is 0 Å². The van der Waals surface area contributed by atoms with Gasteiger partial charge < -0.3 is 5.73 Å². The van der Waals surface area contributed by atoms with Gasteiger partial charge in [0.05, 0.1) is 11.9 Å². The van der Waals surface area contributed by atoms with Gasteiger partial charge in [-0.3, -0.25) is 4.98 Å². The molecule has 0 spiro atoms. The Labute approximate surface area is 68.6 Å². The van der Waals surface area contributed by atoms with Gasteiger partial charge in [0.15, 0.2) is 0 Å². The van der Waals surface area contributed by atoms with Crippen LogP contribution in [0, 0.1) is 0 Å². The number of hydrogen-bond donors (Lipinski definition) is 1. The van der Waals surface area contributed by atoms with E-state index in [9.17, 15) is 0 Å². The van der Waals surface area contributed by atoms with Crippen LogP contribution in [0.15, 0.2) is 16.7 Å². The number of nitrogens with two attached hydrogens (primary N) is 1. The van der Waals surface area contributed by atoms with Crippen molar-refractivity contribution < 1.29 is 0 Å². The van der Waals surface area contributed by atoms with Crippen LogP contribution in [0.2, 0.25) is 0 Å². The number of hydrogen-bond acceptors (Lipinski definition) is 2. The molecule has 1 aromatic rings. The molecule has 54 valence electrons. The summed E-state index contributed by atoms with van der Waals surface area (Å²) >= 11 is 3.32. The van der Waals surface area contributed by atoms with Crippen molar-refractivity contribution in [1.82, 2.24) is 4.98 Å². The monoisotopic (exact) mass is 200 g/mol. The normalized spacial score (nSPS) is 9.80. The average molecular weight is 201 g/mol. The SMILES string of the molecule is CCc1cc(Br)c(N)cn1. The van der Waals surface area contributed by atoms with Crippen LogP contribution >= 0.6 is 15.9 Å². The predicted octanol–water partition coefficient (Wildman–Crippen LogP) is 1.99. The molecule has 0 aliphatic carbocycles. The van der Waals surface area contributed by atoms with E-state index in [1.54, 1.807) is 6.20 Å². The lowest BCUT2D eigenvalue weighted by atomic mass is 10.3. The second kappa shape index (κ2) is 3.01. The molecular formula is C7H9BrN2. The van der Waals surface area contributed by atoms with Gasteiger partial charge in [0.2, 0.25) is 0 Å². The minimum atomic E-state index is 0.692. The summed E-state index contributed by atoms with van der Waals surface area (Å²) in [5.74, 6) is 0. The lowest BCUT2D eigenvalue weighted by molar-refractivity contribution is 1.03. The van der Waals surface area contributed by atoms with Crippen molar-refractivity contribution in [2.24, 2.45) is 0 Å². The molecule has 1 rings (SSSR count). The number of pyridine rings is 1. The summed E-state index contributed by atoms with van der Waals surface area (Å²) in [5.41, 5.74) is 7.28. The maximum absolute atomic E-state index is 5.53. The minimum Gasteiger partial charge on any atom is -0.397 e. The number of nitrogens with zero attached hydrogens (tertiary/aromatic N) is 1. The Morgan fingerprint density at radius 3 is 2.90 bits per heavy atom. The highest BCUT2D eigenvalue weighted by atomic mass is 79.9. The van der Waals surface area contributed by atoms with Gasteiger partial charge in [-0.25, -0.2) is 0 Å². The lowest BCUT2D eigenvalue weighted by Gasteiger charge is -1.98. The van der Waals surface area contributed by atoms with Crippen molar-refractivity contribution in [3.63, 3.8) is 0 Å². The second-order valence-electron chi connectivity index (χ2n) is 2.05. The molecule has 3 heteroatoms. The Balaban J connectivity index is 3.04. The molecule has 0 aliphatic rings. The summed E-state index contributed by atoms with van der Waals surface area (Å²) in [6.07, 6.45) is 2.61. The van der Waals surface area contributed by atoms with E-state index >= 15 is 0 Å². The molecule has 0 atom stereocenters. The highest BCUT2D eigenvalue weighted by Crippen LogP contribution is 2.18. The summed E-state index contributed by atoms with van der Waals surface area (Å²) < 4.78 is 0.930. The molecular weight excluding hydrogens is 192 g/mol. The van der Waals surface area contributed by atoms with Gasteiger partial charge in [0, 0.05) is 10.2 Å². The maximum atomic E-state index is 5.53. The Hall–Kier alpha value is -0.570. The van der Waals surface area contributed by atoms with E-state index in [0.717, 1.165) is 16.6 Å². The highest BCUT2D eigenvalue weighted by molar-refractivity contribution is 9.10. The first kappa shape index (κ1) is 7.54. The lowest BCUT2D eigenvalue weighted by Crippen LogP contribution is -1.91. The molecule has 0 fully saturated rings. The van der Waals surface area contributed by atoms with Crippen molar-refractivity contribution in [2.45, 2.75) is 13.3 Å². The van der Waals surface area contributed by atoms with Gasteiger partial charge in [0.25, 0.3) is 0 Å². The van der Waals surface area contributed by atoms with Gasteiger partial charge in [-0.15, -0.1) is 0 Å². The first-order chi connectivity index (χ1) is 4.74. The standard InChI is InChI=1S/C7H9BrN2/c1-2-5-3-6(8)7(9)4-10-5/h3-4H,2,9H2,1H3. The van der Waals surface area contributed by atoms with Gasteiger partial charge in [-0.1, -0.05) is 6.92 Å². The van der Waals surface area contributed by atoms with E-state index in [0.29, 0.717) is 5.69 Å². The Morgan fingerprint density at radius 1 is 1.70 bits per heavy atom.